The Morgan fingerprint density at radius 2 is 1.81 bits per heavy atom. The van der Waals surface area contributed by atoms with Crippen LogP contribution in [0.2, 0.25) is 0 Å². The first-order chi connectivity index (χ1) is 17.7. The van der Waals surface area contributed by atoms with Gasteiger partial charge in [-0.05, 0) is 13.0 Å². The monoisotopic (exact) mass is 524 g/mol. The van der Waals surface area contributed by atoms with Crippen molar-refractivity contribution in [3.8, 4) is 5.75 Å². The predicted molar refractivity (Wildman–Crippen MR) is 128 cm³/mol. The largest absolute Gasteiger partial charge is 0.492 e. The zero-order valence-corrected chi connectivity index (χ0v) is 20.4. The average molecular weight is 525 g/mol. The lowest BCUT2D eigenvalue weighted by molar-refractivity contribution is -0.0871. The highest BCUT2D eigenvalue weighted by atomic mass is 19.3. The number of benzene rings is 2. The van der Waals surface area contributed by atoms with Gasteiger partial charge in [-0.3, -0.25) is 14.2 Å². The fourth-order valence-corrected chi connectivity index (χ4v) is 5.40. The number of aliphatic hydroxyl groups excluding tert-OH is 1. The van der Waals surface area contributed by atoms with Gasteiger partial charge >= 0.3 is 0 Å². The zero-order valence-electron chi connectivity index (χ0n) is 20.4. The van der Waals surface area contributed by atoms with Crippen molar-refractivity contribution >= 4 is 11.0 Å². The second-order valence-corrected chi connectivity index (χ2v) is 10.0. The summed E-state index contributed by atoms with van der Waals surface area (Å²) in [4.78, 5) is 3.31. The highest BCUT2D eigenvalue weighted by Crippen LogP contribution is 2.46. The average Bonchev–Trinajstić information content (AvgIpc) is 3.19. The second kappa shape index (κ2) is 10.2. The summed E-state index contributed by atoms with van der Waals surface area (Å²) in [6.07, 6.45) is 0.270. The molecule has 1 N–H and O–H groups in total. The minimum Gasteiger partial charge on any atom is -0.492 e. The van der Waals surface area contributed by atoms with Crippen LogP contribution in [0.5, 0.6) is 5.75 Å². The molecular weight excluding hydrogens is 495 g/mol. The summed E-state index contributed by atoms with van der Waals surface area (Å²) in [5.41, 5.74) is 0.560. The van der Waals surface area contributed by atoms with Gasteiger partial charge in [0.2, 0.25) is 0 Å². The van der Waals surface area contributed by atoms with Crippen LogP contribution in [0.1, 0.15) is 29.9 Å². The smallest absolute Gasteiger partial charge is 0.283 e. The molecule has 3 heterocycles. The first-order valence-electron chi connectivity index (χ1n) is 12.4. The van der Waals surface area contributed by atoms with Crippen molar-refractivity contribution in [3.63, 3.8) is 0 Å². The van der Waals surface area contributed by atoms with Crippen molar-refractivity contribution in [2.75, 3.05) is 46.1 Å². The van der Waals surface area contributed by atoms with Crippen molar-refractivity contribution in [1.29, 1.82) is 0 Å². The van der Waals surface area contributed by atoms with E-state index in [1.165, 1.54) is 4.90 Å². The van der Waals surface area contributed by atoms with E-state index in [1.807, 2.05) is 4.90 Å². The molecule has 5 rings (SSSR count). The number of likely N-dealkylation sites (tertiary alicyclic amines) is 1. The van der Waals surface area contributed by atoms with E-state index in [4.69, 9.17) is 9.15 Å². The molecule has 5 nitrogen and oxygen atoms in total. The molecule has 0 bridgehead atoms. The first-order valence-corrected chi connectivity index (χ1v) is 12.4. The molecule has 0 radical (unpaired) electrons. The van der Waals surface area contributed by atoms with Crippen LogP contribution in [0.3, 0.4) is 0 Å². The summed E-state index contributed by atoms with van der Waals surface area (Å²) in [7, 11) is 0. The van der Waals surface area contributed by atoms with Gasteiger partial charge in [-0.1, -0.05) is 18.2 Å². The summed E-state index contributed by atoms with van der Waals surface area (Å²) in [6.45, 7) is 0.952. The molecule has 37 heavy (non-hydrogen) atoms. The maximum atomic E-state index is 15.6. The topological polar surface area (TPSA) is 49.1 Å². The number of para-hydroxylation sites is 1. The number of hydrogen-bond acceptors (Lipinski definition) is 5. The molecule has 1 fully saturated rings. The summed E-state index contributed by atoms with van der Waals surface area (Å²) >= 11 is 0. The molecule has 1 saturated heterocycles. The van der Waals surface area contributed by atoms with Crippen LogP contribution in [-0.2, 0) is 6.42 Å². The Kier molecular flexibility index (Phi) is 7.17. The first kappa shape index (κ1) is 25.9. The number of furan rings is 1. The lowest BCUT2D eigenvalue weighted by Gasteiger charge is -2.42. The van der Waals surface area contributed by atoms with E-state index >= 15 is 8.78 Å². The molecule has 2 aromatic carbocycles. The Morgan fingerprint density at radius 3 is 2.49 bits per heavy atom. The van der Waals surface area contributed by atoms with Crippen molar-refractivity contribution in [3.05, 3.63) is 64.9 Å². The van der Waals surface area contributed by atoms with Crippen LogP contribution in [0.25, 0.3) is 11.0 Å². The van der Waals surface area contributed by atoms with E-state index < -0.39 is 42.8 Å². The van der Waals surface area contributed by atoms with Gasteiger partial charge in [0, 0.05) is 66.7 Å². The number of fused-ring (bicyclic) bond motifs is 3. The fourth-order valence-electron chi connectivity index (χ4n) is 5.40. The molecule has 200 valence electrons. The molecule has 2 aliphatic heterocycles. The maximum Gasteiger partial charge on any atom is 0.283 e. The minimum absolute atomic E-state index is 0.0188. The van der Waals surface area contributed by atoms with Crippen LogP contribution in [0.15, 0.2) is 40.8 Å². The standard InChI is InChI=1S/C27H29F5N2O3/c1-16-8-23-24(19-4-2-3-5-22(19)37-23)26(34(16)14-27(31,32)15-35)25-20(29)9-18(10-21(25)30)36-7-6-33-12-17(11-28)13-33/h2-5,9-10,16-17,26,35H,6-8,11-15H2,1H3/t16-,26+/m0/s1. The van der Waals surface area contributed by atoms with E-state index in [9.17, 15) is 18.3 Å². The van der Waals surface area contributed by atoms with Gasteiger partial charge in [0.15, 0.2) is 0 Å². The highest BCUT2D eigenvalue weighted by molar-refractivity contribution is 5.83. The van der Waals surface area contributed by atoms with Gasteiger partial charge in [-0.2, -0.15) is 0 Å². The number of aliphatic hydroxyl groups is 1. The van der Waals surface area contributed by atoms with E-state index in [0.29, 0.717) is 41.9 Å². The molecular formula is C27H29F5N2O3. The highest BCUT2D eigenvalue weighted by Gasteiger charge is 2.44. The zero-order chi connectivity index (χ0) is 26.3. The Morgan fingerprint density at radius 1 is 1.11 bits per heavy atom. The number of rotatable bonds is 9. The third-order valence-electron chi connectivity index (χ3n) is 7.26. The van der Waals surface area contributed by atoms with Crippen molar-refractivity contribution in [2.24, 2.45) is 5.92 Å². The van der Waals surface area contributed by atoms with Gasteiger partial charge in [-0.25, -0.2) is 17.6 Å². The molecule has 0 amide bonds. The predicted octanol–water partition coefficient (Wildman–Crippen LogP) is 4.95. The number of nitrogens with zero attached hydrogens (tertiary/aromatic N) is 2. The Hall–Kier alpha value is -2.69. The number of ether oxygens (including phenoxy) is 1. The van der Waals surface area contributed by atoms with Gasteiger partial charge in [0.05, 0.1) is 19.3 Å². The molecule has 1 aromatic heterocycles. The summed E-state index contributed by atoms with van der Waals surface area (Å²) < 4.78 is 84.2. The molecule has 0 unspecified atom stereocenters. The lowest BCUT2D eigenvalue weighted by Crippen LogP contribution is -2.49. The summed E-state index contributed by atoms with van der Waals surface area (Å²) in [5, 5.41) is 9.82. The van der Waals surface area contributed by atoms with Crippen LogP contribution in [0.4, 0.5) is 22.0 Å². The van der Waals surface area contributed by atoms with Crippen molar-refractivity contribution in [1.82, 2.24) is 9.80 Å². The number of hydrogen-bond donors (Lipinski definition) is 1. The molecule has 0 aliphatic carbocycles. The summed E-state index contributed by atoms with van der Waals surface area (Å²) in [6, 6.07) is 7.34. The molecule has 3 aromatic rings. The SMILES string of the molecule is C[C@H]1Cc2oc3ccccc3c2[C@H](c2c(F)cc(OCCN3CC(CF)C3)cc2F)N1CC(F)(F)CO. The van der Waals surface area contributed by atoms with Crippen LogP contribution < -0.4 is 4.74 Å². The van der Waals surface area contributed by atoms with E-state index in [-0.39, 0.29) is 36.9 Å². The van der Waals surface area contributed by atoms with Gasteiger partial charge in [0.1, 0.15) is 41.9 Å². The van der Waals surface area contributed by atoms with E-state index in [0.717, 1.165) is 12.1 Å². The van der Waals surface area contributed by atoms with Crippen molar-refractivity contribution < 1.29 is 36.2 Å². The maximum absolute atomic E-state index is 15.6. The summed E-state index contributed by atoms with van der Waals surface area (Å²) in [5.74, 6) is -4.83. The van der Waals surface area contributed by atoms with Gasteiger partial charge < -0.3 is 14.3 Å². The molecule has 0 saturated carbocycles. The minimum atomic E-state index is -3.47. The molecule has 0 spiro atoms. The third-order valence-corrected chi connectivity index (χ3v) is 7.26. The molecule has 10 heteroatoms. The third kappa shape index (κ3) is 5.06. The lowest BCUT2D eigenvalue weighted by atomic mass is 9.86. The van der Waals surface area contributed by atoms with Gasteiger partial charge in [0.25, 0.3) is 5.92 Å². The van der Waals surface area contributed by atoms with Gasteiger partial charge in [-0.15, -0.1) is 0 Å². The van der Waals surface area contributed by atoms with E-state index in [1.54, 1.807) is 31.2 Å². The van der Waals surface area contributed by atoms with Crippen LogP contribution in [0, 0.1) is 17.6 Å². The second-order valence-electron chi connectivity index (χ2n) is 10.0. The fraction of sp³-hybridized carbons (Fsp3) is 0.481. The Balaban J connectivity index is 1.49. The van der Waals surface area contributed by atoms with Crippen molar-refractivity contribution in [2.45, 2.75) is 31.4 Å². The Bertz CT molecular complexity index is 1240. The molecule has 2 atom stereocenters. The number of alkyl halides is 3. The van der Waals surface area contributed by atoms with Crippen LogP contribution in [-0.4, -0.2) is 72.9 Å². The quantitative estimate of drug-likeness (QED) is 0.402. The van der Waals surface area contributed by atoms with Crippen LogP contribution >= 0.6 is 0 Å². The van der Waals surface area contributed by atoms with E-state index in [2.05, 4.69) is 0 Å². The normalized spacial score (nSPS) is 21.3. The number of halogens is 5. The molecule has 2 aliphatic rings. The Labute approximate surface area is 211 Å².